The summed E-state index contributed by atoms with van der Waals surface area (Å²) < 4.78 is 5.87. The molecule has 1 aromatic rings. The normalized spacial score (nSPS) is 12.1. The van der Waals surface area contributed by atoms with E-state index >= 15 is 0 Å². The Morgan fingerprint density at radius 3 is 2.60 bits per heavy atom. The molecule has 3 heteroatoms. The number of nitrogens with two attached hydrogens (primary N) is 1. The van der Waals surface area contributed by atoms with Gasteiger partial charge in [0.2, 0.25) is 0 Å². The van der Waals surface area contributed by atoms with E-state index in [0.29, 0.717) is 13.2 Å². The van der Waals surface area contributed by atoms with E-state index in [1.807, 2.05) is 0 Å². The summed E-state index contributed by atoms with van der Waals surface area (Å²) in [5.74, 6) is 0. The standard InChI is InChI=1S/C12H21NOS/c1-5-12(3,4)14-8-10-6-11(7-13)15-9(10)2/h6H,5,7-8,13H2,1-4H3. The molecule has 0 saturated heterocycles. The van der Waals surface area contributed by atoms with E-state index in [9.17, 15) is 0 Å². The van der Waals surface area contributed by atoms with Crippen molar-refractivity contribution in [3.63, 3.8) is 0 Å². The van der Waals surface area contributed by atoms with Crippen LogP contribution in [-0.4, -0.2) is 5.60 Å². The maximum absolute atomic E-state index is 5.87. The SMILES string of the molecule is CCC(C)(C)OCc1cc(CN)sc1C. The smallest absolute Gasteiger partial charge is 0.0734 e. The maximum atomic E-state index is 5.87. The molecule has 86 valence electrons. The molecule has 0 aromatic carbocycles. The molecule has 2 N–H and O–H groups in total. The van der Waals surface area contributed by atoms with Crippen LogP contribution in [0, 0.1) is 6.92 Å². The molecule has 0 unspecified atom stereocenters. The Morgan fingerprint density at radius 2 is 2.13 bits per heavy atom. The Hall–Kier alpha value is -0.380. The highest BCUT2D eigenvalue weighted by Crippen LogP contribution is 2.24. The lowest BCUT2D eigenvalue weighted by Crippen LogP contribution is -2.22. The minimum absolute atomic E-state index is 0.0305. The lowest BCUT2D eigenvalue weighted by Gasteiger charge is -2.23. The fourth-order valence-electron chi connectivity index (χ4n) is 1.21. The zero-order valence-corrected chi connectivity index (χ0v) is 10.9. The second-order valence-corrected chi connectivity index (χ2v) is 5.74. The lowest BCUT2D eigenvalue weighted by atomic mass is 10.1. The van der Waals surface area contributed by atoms with E-state index in [0.717, 1.165) is 6.42 Å². The molecule has 0 saturated carbocycles. The summed E-state index contributed by atoms with van der Waals surface area (Å²) in [5, 5.41) is 0. The van der Waals surface area contributed by atoms with Crippen molar-refractivity contribution < 1.29 is 4.74 Å². The third-order valence-corrected chi connectivity index (χ3v) is 3.86. The van der Waals surface area contributed by atoms with Gasteiger partial charge in [0.15, 0.2) is 0 Å². The first-order chi connectivity index (χ1) is 6.98. The molecular weight excluding hydrogens is 206 g/mol. The topological polar surface area (TPSA) is 35.2 Å². The minimum atomic E-state index is -0.0305. The third-order valence-electron chi connectivity index (χ3n) is 2.74. The Morgan fingerprint density at radius 1 is 1.47 bits per heavy atom. The Labute approximate surface area is 96.4 Å². The zero-order valence-electron chi connectivity index (χ0n) is 10.1. The van der Waals surface area contributed by atoms with E-state index in [1.165, 1.54) is 15.3 Å². The van der Waals surface area contributed by atoms with Crippen LogP contribution in [0.3, 0.4) is 0 Å². The highest BCUT2D eigenvalue weighted by atomic mass is 32.1. The Bertz CT molecular complexity index is 317. The van der Waals surface area contributed by atoms with E-state index in [2.05, 4.69) is 33.8 Å². The number of hydrogen-bond acceptors (Lipinski definition) is 3. The van der Waals surface area contributed by atoms with Crippen LogP contribution in [0.15, 0.2) is 6.07 Å². The summed E-state index contributed by atoms with van der Waals surface area (Å²) in [6.45, 7) is 9.84. The molecule has 0 fully saturated rings. The number of ether oxygens (including phenoxy) is 1. The number of hydrogen-bond donors (Lipinski definition) is 1. The molecule has 2 nitrogen and oxygen atoms in total. The summed E-state index contributed by atoms with van der Waals surface area (Å²) in [6.07, 6.45) is 1.03. The summed E-state index contributed by atoms with van der Waals surface area (Å²) >= 11 is 1.77. The van der Waals surface area contributed by atoms with Gasteiger partial charge in [0.05, 0.1) is 12.2 Å². The molecule has 0 aliphatic carbocycles. The van der Waals surface area contributed by atoms with Gasteiger partial charge in [0, 0.05) is 16.3 Å². The largest absolute Gasteiger partial charge is 0.371 e. The third kappa shape index (κ3) is 3.59. The fourth-order valence-corrected chi connectivity index (χ4v) is 2.13. The number of aryl methyl sites for hydroxylation is 1. The van der Waals surface area contributed by atoms with Gasteiger partial charge >= 0.3 is 0 Å². The van der Waals surface area contributed by atoms with Crippen LogP contribution in [0.1, 0.15) is 42.5 Å². The van der Waals surface area contributed by atoms with Crippen molar-refractivity contribution in [3.8, 4) is 0 Å². The van der Waals surface area contributed by atoms with Crippen molar-refractivity contribution >= 4 is 11.3 Å². The fraction of sp³-hybridized carbons (Fsp3) is 0.667. The van der Waals surface area contributed by atoms with Gasteiger partial charge in [-0.3, -0.25) is 0 Å². The summed E-state index contributed by atoms with van der Waals surface area (Å²) in [7, 11) is 0. The van der Waals surface area contributed by atoms with Gasteiger partial charge in [-0.05, 0) is 38.8 Å². The van der Waals surface area contributed by atoms with Crippen LogP contribution < -0.4 is 5.73 Å². The molecule has 0 aliphatic heterocycles. The lowest BCUT2D eigenvalue weighted by molar-refractivity contribution is -0.0316. The first-order valence-electron chi connectivity index (χ1n) is 5.40. The van der Waals surface area contributed by atoms with E-state index in [4.69, 9.17) is 10.5 Å². The molecule has 1 aromatic heterocycles. The summed E-state index contributed by atoms with van der Waals surface area (Å²) in [6, 6.07) is 2.16. The Kier molecular flexibility index (Phi) is 4.32. The van der Waals surface area contributed by atoms with Gasteiger partial charge in [-0.25, -0.2) is 0 Å². The average Bonchev–Trinajstić information content (AvgIpc) is 2.57. The second kappa shape index (κ2) is 5.10. The van der Waals surface area contributed by atoms with Gasteiger partial charge in [-0.15, -0.1) is 11.3 Å². The average molecular weight is 227 g/mol. The monoisotopic (exact) mass is 227 g/mol. The maximum Gasteiger partial charge on any atom is 0.0734 e. The van der Waals surface area contributed by atoms with Gasteiger partial charge in [0.1, 0.15) is 0 Å². The van der Waals surface area contributed by atoms with Crippen LogP contribution >= 0.6 is 11.3 Å². The predicted molar refractivity (Wildman–Crippen MR) is 66.1 cm³/mol. The zero-order chi connectivity index (χ0) is 11.5. The minimum Gasteiger partial charge on any atom is -0.371 e. The molecule has 0 amide bonds. The van der Waals surface area contributed by atoms with Crippen molar-refractivity contribution in [3.05, 3.63) is 21.4 Å². The van der Waals surface area contributed by atoms with Crippen molar-refractivity contribution in [2.45, 2.75) is 52.9 Å². The second-order valence-electron chi connectivity index (χ2n) is 4.40. The van der Waals surface area contributed by atoms with E-state index in [1.54, 1.807) is 11.3 Å². The molecule has 0 aliphatic rings. The molecule has 1 heterocycles. The first kappa shape index (κ1) is 12.7. The summed E-state index contributed by atoms with van der Waals surface area (Å²) in [4.78, 5) is 2.56. The first-order valence-corrected chi connectivity index (χ1v) is 6.22. The molecule has 1 rings (SSSR count). The van der Waals surface area contributed by atoms with E-state index in [-0.39, 0.29) is 5.60 Å². The van der Waals surface area contributed by atoms with Crippen LogP contribution in [0.2, 0.25) is 0 Å². The Balaban J connectivity index is 2.61. The molecule has 0 atom stereocenters. The highest BCUT2D eigenvalue weighted by molar-refractivity contribution is 7.12. The van der Waals surface area contributed by atoms with Gasteiger partial charge in [-0.1, -0.05) is 6.92 Å². The van der Waals surface area contributed by atoms with Crippen molar-refractivity contribution in [2.75, 3.05) is 0 Å². The summed E-state index contributed by atoms with van der Waals surface area (Å²) in [5.41, 5.74) is 6.86. The van der Waals surface area contributed by atoms with Gasteiger partial charge < -0.3 is 10.5 Å². The van der Waals surface area contributed by atoms with Crippen LogP contribution in [0.25, 0.3) is 0 Å². The van der Waals surface area contributed by atoms with Crippen molar-refractivity contribution in [1.82, 2.24) is 0 Å². The van der Waals surface area contributed by atoms with Crippen molar-refractivity contribution in [1.29, 1.82) is 0 Å². The van der Waals surface area contributed by atoms with Crippen LogP contribution in [0.5, 0.6) is 0 Å². The predicted octanol–water partition coefficient (Wildman–Crippen LogP) is 3.22. The molecule has 0 radical (unpaired) electrons. The van der Waals surface area contributed by atoms with Crippen molar-refractivity contribution in [2.24, 2.45) is 5.73 Å². The number of thiophene rings is 1. The van der Waals surface area contributed by atoms with Crippen LogP contribution in [-0.2, 0) is 17.9 Å². The molecule has 15 heavy (non-hydrogen) atoms. The van der Waals surface area contributed by atoms with Crippen LogP contribution in [0.4, 0.5) is 0 Å². The molecular formula is C12H21NOS. The van der Waals surface area contributed by atoms with E-state index < -0.39 is 0 Å². The van der Waals surface area contributed by atoms with Gasteiger partial charge in [-0.2, -0.15) is 0 Å². The van der Waals surface area contributed by atoms with Gasteiger partial charge in [0.25, 0.3) is 0 Å². The quantitative estimate of drug-likeness (QED) is 0.838. The number of rotatable bonds is 5. The highest BCUT2D eigenvalue weighted by Gasteiger charge is 2.16. The molecule has 0 bridgehead atoms. The molecule has 0 spiro atoms.